The van der Waals surface area contributed by atoms with Crippen molar-refractivity contribution in [2.45, 2.75) is 23.6 Å². The van der Waals surface area contributed by atoms with Crippen molar-refractivity contribution >= 4 is 34.6 Å². The van der Waals surface area contributed by atoms with Gasteiger partial charge in [0.2, 0.25) is 0 Å². The summed E-state index contributed by atoms with van der Waals surface area (Å²) >= 11 is 5.71. The fraction of sp³-hybridized carbons (Fsp3) is 0.375. The molecule has 1 saturated carbocycles. The average Bonchev–Trinajstić information content (AvgIpc) is 3.10. The zero-order valence-corrected chi connectivity index (χ0v) is 20.1. The molecule has 0 bridgehead atoms. The number of hydrogen-bond acceptors (Lipinski definition) is 8. The molecule has 3 aliphatic rings. The van der Waals surface area contributed by atoms with Gasteiger partial charge < -0.3 is 14.9 Å². The summed E-state index contributed by atoms with van der Waals surface area (Å²) in [5, 5.41) is 18.2. The number of carbonyl (C=O) groups is 2. The van der Waals surface area contributed by atoms with Gasteiger partial charge in [0.15, 0.2) is 11.5 Å². The number of anilines is 1. The van der Waals surface area contributed by atoms with Crippen LogP contribution in [0.3, 0.4) is 0 Å². The lowest BCUT2D eigenvalue weighted by atomic mass is 9.79. The van der Waals surface area contributed by atoms with Gasteiger partial charge in [-0.15, -0.1) is 0 Å². The average molecular weight is 531 g/mol. The molecule has 2 saturated heterocycles. The summed E-state index contributed by atoms with van der Waals surface area (Å²) in [7, 11) is 0. The van der Waals surface area contributed by atoms with Crippen LogP contribution >= 0.6 is 12.2 Å². The standard InChI is InChI=1S/C24H21F3N6O3S/c25-24(26,27)16-9-14(11-29-17(16)10-28)18-20(37)19(23(21(18)34)12-30-31-23)13-1-3-15(4-2-13)32-5-7-33(8-6-32)22(35)36/h1-4,9,11,18-19,30-31H,5-8,12H2,(H,35,36). The second-order valence-electron chi connectivity index (χ2n) is 9.21. The van der Waals surface area contributed by atoms with E-state index < -0.39 is 40.9 Å². The van der Waals surface area contributed by atoms with Gasteiger partial charge >= 0.3 is 12.3 Å². The van der Waals surface area contributed by atoms with Crippen LogP contribution in [-0.4, -0.2) is 70.0 Å². The zero-order valence-electron chi connectivity index (χ0n) is 19.2. The lowest BCUT2D eigenvalue weighted by Crippen LogP contribution is -2.74. The van der Waals surface area contributed by atoms with Crippen molar-refractivity contribution in [1.82, 2.24) is 20.7 Å². The first-order valence-corrected chi connectivity index (χ1v) is 11.9. The molecule has 3 unspecified atom stereocenters. The molecule has 1 aromatic carbocycles. The highest BCUT2D eigenvalue weighted by atomic mass is 32.1. The van der Waals surface area contributed by atoms with Crippen molar-refractivity contribution in [2.24, 2.45) is 0 Å². The Balaban J connectivity index is 1.44. The van der Waals surface area contributed by atoms with E-state index in [2.05, 4.69) is 20.7 Å². The van der Waals surface area contributed by atoms with Gasteiger partial charge in [0.1, 0.15) is 11.6 Å². The predicted octanol–water partition coefficient (Wildman–Crippen LogP) is 2.44. The number of nitrogens with one attached hydrogen (secondary N) is 2. The van der Waals surface area contributed by atoms with Crippen molar-refractivity contribution in [3.05, 3.63) is 58.9 Å². The summed E-state index contributed by atoms with van der Waals surface area (Å²) in [5.74, 6) is -2.03. The van der Waals surface area contributed by atoms with Crippen LogP contribution in [0.25, 0.3) is 0 Å². The lowest BCUT2D eigenvalue weighted by molar-refractivity contribution is -0.138. The van der Waals surface area contributed by atoms with Crippen molar-refractivity contribution in [3.63, 3.8) is 0 Å². The number of thiocarbonyl (C=S) groups is 1. The summed E-state index contributed by atoms with van der Waals surface area (Å²) in [6.07, 6.45) is -4.64. The molecule has 0 radical (unpaired) electrons. The maximum absolute atomic E-state index is 13.6. The highest BCUT2D eigenvalue weighted by Crippen LogP contribution is 2.48. The van der Waals surface area contributed by atoms with Crippen LogP contribution in [0, 0.1) is 11.3 Å². The molecular weight excluding hydrogens is 509 g/mol. The molecule has 1 amide bonds. The molecule has 3 atom stereocenters. The highest BCUT2D eigenvalue weighted by molar-refractivity contribution is 7.80. The number of nitriles is 1. The molecule has 1 aromatic heterocycles. The molecule has 2 aromatic rings. The van der Waals surface area contributed by atoms with Crippen LogP contribution in [-0.2, 0) is 11.0 Å². The molecule has 3 heterocycles. The Hall–Kier alpha value is -3.60. The topological polar surface area (TPSA) is 122 Å². The summed E-state index contributed by atoms with van der Waals surface area (Å²) in [5.41, 5.74) is 4.38. The van der Waals surface area contributed by atoms with E-state index >= 15 is 0 Å². The van der Waals surface area contributed by atoms with E-state index in [9.17, 15) is 22.8 Å². The first kappa shape index (κ1) is 25.1. The maximum Gasteiger partial charge on any atom is 0.419 e. The number of ketones is 1. The maximum atomic E-state index is 13.6. The van der Waals surface area contributed by atoms with Crippen molar-refractivity contribution in [3.8, 4) is 6.07 Å². The third-order valence-electron chi connectivity index (χ3n) is 7.24. The number of Topliss-reactive ketones (excluding diaryl/α,β-unsaturated/α-hetero) is 1. The van der Waals surface area contributed by atoms with Gasteiger partial charge in [-0.1, -0.05) is 24.4 Å². The first-order chi connectivity index (χ1) is 17.6. The van der Waals surface area contributed by atoms with E-state index in [1.807, 2.05) is 24.3 Å². The fourth-order valence-corrected chi connectivity index (χ4v) is 5.86. The summed E-state index contributed by atoms with van der Waals surface area (Å²) < 4.78 is 40.7. The number of carboxylic acid groups (broad SMARTS) is 1. The minimum absolute atomic E-state index is 0.00446. The van der Waals surface area contributed by atoms with E-state index in [0.29, 0.717) is 26.2 Å². The smallest absolute Gasteiger partial charge is 0.419 e. The largest absolute Gasteiger partial charge is 0.465 e. The van der Waals surface area contributed by atoms with Crippen molar-refractivity contribution < 1.29 is 27.9 Å². The molecule has 9 nitrogen and oxygen atoms in total. The predicted molar refractivity (Wildman–Crippen MR) is 129 cm³/mol. The number of pyridine rings is 1. The lowest BCUT2D eigenvalue weighted by Gasteiger charge is -2.43. The highest BCUT2D eigenvalue weighted by Gasteiger charge is 2.62. The van der Waals surface area contributed by atoms with E-state index in [0.717, 1.165) is 23.5 Å². The van der Waals surface area contributed by atoms with Crippen LogP contribution in [0.5, 0.6) is 0 Å². The normalized spacial score (nSPS) is 25.8. The summed E-state index contributed by atoms with van der Waals surface area (Å²) in [6, 6.07) is 9.66. The van der Waals surface area contributed by atoms with Crippen LogP contribution in [0.4, 0.5) is 23.7 Å². The molecule has 3 fully saturated rings. The van der Waals surface area contributed by atoms with Gasteiger partial charge in [0.25, 0.3) is 0 Å². The number of nitrogens with zero attached hydrogens (tertiary/aromatic N) is 4. The molecular formula is C24H21F3N6O3S. The van der Waals surface area contributed by atoms with Crippen molar-refractivity contribution in [2.75, 3.05) is 37.6 Å². The monoisotopic (exact) mass is 530 g/mol. The van der Waals surface area contributed by atoms with E-state index in [1.54, 1.807) is 0 Å². The van der Waals surface area contributed by atoms with Gasteiger partial charge in [-0.05, 0) is 29.3 Å². The molecule has 2 aliphatic heterocycles. The Labute approximate surface area is 214 Å². The van der Waals surface area contributed by atoms with Crippen LogP contribution in [0.15, 0.2) is 36.5 Å². The third-order valence-corrected chi connectivity index (χ3v) is 7.71. The second-order valence-corrected chi connectivity index (χ2v) is 9.68. The Morgan fingerprint density at radius 3 is 2.35 bits per heavy atom. The number of carbonyl (C=O) groups excluding carboxylic acids is 1. The minimum atomic E-state index is -4.81. The molecule has 192 valence electrons. The first-order valence-electron chi connectivity index (χ1n) is 11.4. The Morgan fingerprint density at radius 2 is 1.84 bits per heavy atom. The number of piperazine rings is 1. The Morgan fingerprint density at radius 1 is 1.19 bits per heavy atom. The number of rotatable bonds is 3. The van der Waals surface area contributed by atoms with Crippen LogP contribution < -0.4 is 15.8 Å². The number of hydrazine groups is 1. The second kappa shape index (κ2) is 9.05. The molecule has 3 N–H and O–H groups in total. The number of hydrogen-bond donors (Lipinski definition) is 3. The van der Waals surface area contributed by atoms with E-state index in [1.165, 1.54) is 11.0 Å². The number of alkyl halides is 3. The number of aromatic nitrogens is 1. The third kappa shape index (κ3) is 4.11. The summed E-state index contributed by atoms with van der Waals surface area (Å²) in [4.78, 5) is 32.1. The van der Waals surface area contributed by atoms with Gasteiger partial charge in [-0.25, -0.2) is 15.2 Å². The molecule has 37 heavy (non-hydrogen) atoms. The van der Waals surface area contributed by atoms with Gasteiger partial charge in [-0.2, -0.15) is 18.4 Å². The molecule has 1 aliphatic carbocycles. The van der Waals surface area contributed by atoms with E-state index in [4.69, 9.17) is 22.6 Å². The van der Waals surface area contributed by atoms with Gasteiger partial charge in [-0.3, -0.25) is 10.2 Å². The van der Waals surface area contributed by atoms with Crippen molar-refractivity contribution in [1.29, 1.82) is 5.26 Å². The summed E-state index contributed by atoms with van der Waals surface area (Å²) in [6.45, 7) is 2.10. The number of benzene rings is 1. The molecule has 13 heteroatoms. The Bertz CT molecular complexity index is 1310. The number of amides is 1. The Kier molecular flexibility index (Phi) is 6.13. The molecule has 5 rings (SSSR count). The van der Waals surface area contributed by atoms with Gasteiger partial charge in [0, 0.05) is 55.4 Å². The number of halogens is 3. The molecule has 1 spiro atoms. The van der Waals surface area contributed by atoms with Crippen LogP contribution in [0.1, 0.15) is 34.2 Å². The van der Waals surface area contributed by atoms with E-state index in [-0.39, 0.29) is 22.8 Å². The SMILES string of the molecule is N#Cc1ncc(C2C(=O)C3(CNN3)C(c3ccc(N4CCN(C(=O)O)CC4)cc3)C2=S)cc1C(F)(F)F. The zero-order chi connectivity index (χ0) is 26.5. The quantitative estimate of drug-likeness (QED) is 0.514. The fourth-order valence-electron chi connectivity index (χ4n) is 5.28. The van der Waals surface area contributed by atoms with Crippen LogP contribution in [0.2, 0.25) is 0 Å². The van der Waals surface area contributed by atoms with Gasteiger partial charge in [0.05, 0.1) is 11.5 Å². The minimum Gasteiger partial charge on any atom is -0.465 e.